The highest BCUT2D eigenvalue weighted by atomic mass is 28.3. The first kappa shape index (κ1) is 34.5. The van der Waals surface area contributed by atoms with Gasteiger partial charge in [-0.1, -0.05) is 99.9 Å². The third-order valence-corrected chi connectivity index (χ3v) is 11.2. The molecule has 0 N–H and O–H groups in total. The van der Waals surface area contributed by atoms with E-state index in [2.05, 4.69) is 77.4 Å². The molecule has 4 atom stereocenters. The second-order valence-electron chi connectivity index (χ2n) is 13.9. The first-order valence-electron chi connectivity index (χ1n) is 15.4. The molecule has 9 heteroatoms. The van der Waals surface area contributed by atoms with E-state index >= 15 is 0 Å². The van der Waals surface area contributed by atoms with Crippen molar-refractivity contribution in [1.29, 1.82) is 0 Å². The largest absolute Gasteiger partial charge is 0.356 e. The Bertz CT molecular complexity index is 978. The quantitative estimate of drug-likeness (QED) is 0.113. The highest BCUT2D eigenvalue weighted by Crippen LogP contribution is 2.29. The van der Waals surface area contributed by atoms with Crippen molar-refractivity contribution < 1.29 is 23.7 Å². The molecule has 1 heterocycles. The van der Waals surface area contributed by atoms with Crippen LogP contribution in [0.15, 0.2) is 60.7 Å². The van der Waals surface area contributed by atoms with Crippen LogP contribution >= 0.6 is 0 Å². The van der Waals surface area contributed by atoms with Crippen molar-refractivity contribution in [2.45, 2.75) is 103 Å². The molecule has 234 valence electrons. The van der Waals surface area contributed by atoms with E-state index in [-0.39, 0.29) is 31.7 Å². The van der Waals surface area contributed by atoms with Gasteiger partial charge in [-0.25, -0.2) is 4.79 Å². The molecule has 0 aliphatic carbocycles. The summed E-state index contributed by atoms with van der Waals surface area (Å²) in [6.07, 6.45) is -0.804. The lowest BCUT2D eigenvalue weighted by Crippen LogP contribution is -2.50. The number of carbonyl (C=O) groups excluding carboxylic acids is 1. The second-order valence-corrected chi connectivity index (χ2v) is 25.2. The van der Waals surface area contributed by atoms with Gasteiger partial charge in [-0.2, -0.15) is 0 Å². The zero-order chi connectivity index (χ0) is 30.8. The number of rotatable bonds is 16. The Hall–Kier alpha value is -2.02. The number of benzene rings is 2. The van der Waals surface area contributed by atoms with Crippen LogP contribution in [-0.2, 0) is 32.0 Å². The molecule has 0 radical (unpaired) electrons. The molecule has 2 aromatic rings. The van der Waals surface area contributed by atoms with Crippen LogP contribution < -0.4 is 0 Å². The molecule has 2 amide bonds. The molecule has 1 aliphatic rings. The summed E-state index contributed by atoms with van der Waals surface area (Å²) in [5.41, 5.74) is 2.15. The summed E-state index contributed by atoms with van der Waals surface area (Å²) in [6.45, 7) is 20.8. The monoisotopic (exact) mass is 614 g/mol. The molecule has 2 aromatic carbocycles. The van der Waals surface area contributed by atoms with Crippen molar-refractivity contribution in [2.75, 3.05) is 26.8 Å². The van der Waals surface area contributed by atoms with Crippen molar-refractivity contribution in [3.63, 3.8) is 0 Å². The van der Waals surface area contributed by atoms with Crippen LogP contribution in [0.2, 0.25) is 51.4 Å². The summed E-state index contributed by atoms with van der Waals surface area (Å²) in [4.78, 5) is 18.2. The number of amides is 2. The average Bonchev–Trinajstić information content (AvgIpc) is 2.99. The van der Waals surface area contributed by atoms with Crippen LogP contribution in [0.3, 0.4) is 0 Å². The summed E-state index contributed by atoms with van der Waals surface area (Å²) in [5.74, 6) is 0. The van der Waals surface area contributed by atoms with Crippen LogP contribution in [-0.4, -0.2) is 83.1 Å². The fourth-order valence-electron chi connectivity index (χ4n) is 5.00. The van der Waals surface area contributed by atoms with E-state index < -0.39 is 28.4 Å². The van der Waals surface area contributed by atoms with E-state index in [0.29, 0.717) is 26.3 Å². The number of carbonyl (C=O) groups is 1. The van der Waals surface area contributed by atoms with Crippen molar-refractivity contribution in [1.82, 2.24) is 9.80 Å². The first-order chi connectivity index (χ1) is 19.9. The molecule has 3 rings (SSSR count). The van der Waals surface area contributed by atoms with Crippen molar-refractivity contribution in [3.05, 3.63) is 71.8 Å². The standard InChI is InChI=1S/C33H54N2O5Si2/c1-27-31(39-25-37-19-21-41(3,4)5)32(40-26-38-20-22-42(6,7)8)28(2)35(24-30-17-13-10-14-18-30)33(36)34(27)23-29-15-11-9-12-16-29/h9-18,27-28,31-32H,19-26H2,1-8H3/t27-,28-,31+,32+/m1/s1. The van der Waals surface area contributed by atoms with E-state index in [0.717, 1.165) is 23.2 Å². The van der Waals surface area contributed by atoms with E-state index in [9.17, 15) is 4.79 Å². The Balaban J connectivity index is 1.87. The van der Waals surface area contributed by atoms with Crippen molar-refractivity contribution in [3.8, 4) is 0 Å². The lowest BCUT2D eigenvalue weighted by atomic mass is 10.00. The minimum Gasteiger partial charge on any atom is -0.356 e. The van der Waals surface area contributed by atoms with Gasteiger partial charge < -0.3 is 28.7 Å². The lowest BCUT2D eigenvalue weighted by molar-refractivity contribution is -0.185. The normalized spacial score (nSPS) is 22.0. The van der Waals surface area contributed by atoms with Crippen molar-refractivity contribution in [2.24, 2.45) is 0 Å². The molecule has 0 unspecified atom stereocenters. The van der Waals surface area contributed by atoms with Gasteiger partial charge in [-0.3, -0.25) is 0 Å². The molecular weight excluding hydrogens is 561 g/mol. The predicted molar refractivity (Wildman–Crippen MR) is 176 cm³/mol. The SMILES string of the molecule is C[C@@H]1[C@H](OCOCC[Si](C)(C)C)[C@@H](OCOCC[Si](C)(C)C)[C@@H](C)N(Cc2ccccc2)C(=O)N1Cc1ccccc1. The molecule has 0 spiro atoms. The maximum Gasteiger partial charge on any atom is 0.321 e. The van der Waals surface area contributed by atoms with Gasteiger partial charge in [0.25, 0.3) is 0 Å². The van der Waals surface area contributed by atoms with Crippen LogP contribution in [0.4, 0.5) is 4.79 Å². The number of nitrogens with zero attached hydrogens (tertiary/aromatic N) is 2. The Morgan fingerprint density at radius 3 is 1.31 bits per heavy atom. The predicted octanol–water partition coefficient (Wildman–Crippen LogP) is 7.30. The first-order valence-corrected chi connectivity index (χ1v) is 22.8. The van der Waals surface area contributed by atoms with Gasteiger partial charge in [-0.05, 0) is 37.1 Å². The maximum atomic E-state index is 14.3. The fourth-order valence-corrected chi connectivity index (χ4v) is 6.51. The van der Waals surface area contributed by atoms with Crippen LogP contribution in [0, 0.1) is 0 Å². The molecule has 42 heavy (non-hydrogen) atoms. The summed E-state index contributed by atoms with van der Waals surface area (Å²) >= 11 is 0. The van der Waals surface area contributed by atoms with Gasteiger partial charge in [0.2, 0.25) is 0 Å². The van der Waals surface area contributed by atoms with Crippen LogP contribution in [0.1, 0.15) is 25.0 Å². The maximum absolute atomic E-state index is 14.3. The summed E-state index contributed by atoms with van der Waals surface area (Å²) < 4.78 is 25.0. The third kappa shape index (κ3) is 11.2. The zero-order valence-electron chi connectivity index (χ0n) is 27.2. The number of ether oxygens (including phenoxy) is 4. The second kappa shape index (κ2) is 16.2. The van der Waals surface area contributed by atoms with Crippen molar-refractivity contribution >= 4 is 22.2 Å². The average molecular weight is 615 g/mol. The fraction of sp³-hybridized carbons (Fsp3) is 0.606. The zero-order valence-corrected chi connectivity index (χ0v) is 29.2. The Morgan fingerprint density at radius 1 is 0.619 bits per heavy atom. The van der Waals surface area contributed by atoms with Gasteiger partial charge in [-0.15, -0.1) is 0 Å². The molecule has 1 saturated heterocycles. The van der Waals surface area contributed by atoms with Gasteiger partial charge in [0.1, 0.15) is 25.8 Å². The summed E-state index contributed by atoms with van der Waals surface area (Å²) in [5, 5.41) is 0. The van der Waals surface area contributed by atoms with Gasteiger partial charge >= 0.3 is 6.03 Å². The Kier molecular flexibility index (Phi) is 13.3. The minimum atomic E-state index is -1.22. The third-order valence-electron chi connectivity index (χ3n) is 7.82. The van der Waals surface area contributed by atoms with Gasteiger partial charge in [0, 0.05) is 42.5 Å². The minimum absolute atomic E-state index is 0.0262. The highest BCUT2D eigenvalue weighted by molar-refractivity contribution is 6.76. The Labute approximate surface area is 256 Å². The summed E-state index contributed by atoms with van der Waals surface area (Å²) in [6, 6.07) is 21.9. The summed E-state index contributed by atoms with van der Waals surface area (Å²) in [7, 11) is -2.44. The molecule has 1 fully saturated rings. The van der Waals surface area contributed by atoms with Crippen LogP contribution in [0.5, 0.6) is 0 Å². The van der Waals surface area contributed by atoms with E-state index in [1.165, 1.54) is 0 Å². The molecule has 7 nitrogen and oxygen atoms in total. The number of urea groups is 1. The Morgan fingerprint density at radius 2 is 0.976 bits per heavy atom. The van der Waals surface area contributed by atoms with E-state index in [1.54, 1.807) is 0 Å². The van der Waals surface area contributed by atoms with E-state index in [1.807, 2.05) is 46.2 Å². The molecule has 1 aliphatic heterocycles. The number of hydrogen-bond donors (Lipinski definition) is 0. The molecule has 0 aromatic heterocycles. The van der Waals surface area contributed by atoms with E-state index in [4.69, 9.17) is 18.9 Å². The van der Waals surface area contributed by atoms with Crippen LogP contribution in [0.25, 0.3) is 0 Å². The lowest BCUT2D eigenvalue weighted by Gasteiger charge is -2.35. The molecular formula is C33H54N2O5Si2. The van der Waals surface area contributed by atoms with Gasteiger partial charge in [0.05, 0.1) is 12.1 Å². The topological polar surface area (TPSA) is 60.5 Å². The highest BCUT2D eigenvalue weighted by Gasteiger charge is 2.45. The smallest absolute Gasteiger partial charge is 0.321 e. The van der Waals surface area contributed by atoms with Gasteiger partial charge in [0.15, 0.2) is 0 Å². The molecule has 0 saturated carbocycles. The number of hydrogen-bond acceptors (Lipinski definition) is 5. The molecule has 0 bridgehead atoms.